The molecule has 2 aromatic rings. The van der Waals surface area contributed by atoms with Gasteiger partial charge in [-0.05, 0) is 31.0 Å². The topological polar surface area (TPSA) is 17.8 Å². The number of aryl methyl sites for hydroxylation is 3. The summed E-state index contributed by atoms with van der Waals surface area (Å²) in [5.74, 6) is 1.25. The van der Waals surface area contributed by atoms with Crippen LogP contribution in [0.4, 0.5) is 0 Å². The summed E-state index contributed by atoms with van der Waals surface area (Å²) in [7, 11) is 0. The molecule has 1 aromatic carbocycles. The molecule has 1 aliphatic heterocycles. The summed E-state index contributed by atoms with van der Waals surface area (Å²) in [4.78, 5) is 4.63. The molecule has 0 aliphatic carbocycles. The molecule has 14 heavy (non-hydrogen) atoms. The van der Waals surface area contributed by atoms with Crippen LogP contribution in [0.3, 0.4) is 0 Å². The third-order valence-electron chi connectivity index (χ3n) is 2.89. The van der Waals surface area contributed by atoms with E-state index >= 15 is 0 Å². The van der Waals surface area contributed by atoms with Crippen molar-refractivity contribution < 1.29 is 0 Å². The van der Waals surface area contributed by atoms with E-state index in [1.54, 1.807) is 0 Å². The van der Waals surface area contributed by atoms with E-state index in [1.807, 2.05) is 0 Å². The largest absolute Gasteiger partial charge is 0.328 e. The van der Waals surface area contributed by atoms with E-state index in [9.17, 15) is 0 Å². The Morgan fingerprint density at radius 1 is 1.43 bits per heavy atom. The van der Waals surface area contributed by atoms with Gasteiger partial charge in [-0.2, -0.15) is 0 Å². The molecule has 72 valence electrons. The Labute approximate surface area is 91.1 Å². The van der Waals surface area contributed by atoms with Crippen LogP contribution in [0.1, 0.15) is 17.8 Å². The summed E-state index contributed by atoms with van der Waals surface area (Å²) in [6.07, 6.45) is 2.37. The molecule has 0 saturated carbocycles. The molecular formula is C11H11BrN2. The van der Waals surface area contributed by atoms with E-state index in [2.05, 4.69) is 44.5 Å². The van der Waals surface area contributed by atoms with Crippen molar-refractivity contribution in [3.05, 3.63) is 28.0 Å². The first-order valence-corrected chi connectivity index (χ1v) is 5.70. The molecule has 0 unspecified atom stereocenters. The van der Waals surface area contributed by atoms with Crippen molar-refractivity contribution in [1.82, 2.24) is 9.55 Å². The first-order chi connectivity index (χ1) is 6.75. The molecule has 0 N–H and O–H groups in total. The molecule has 0 bridgehead atoms. The molecule has 0 fully saturated rings. The Bertz CT molecular complexity index is 513. The molecule has 0 amide bonds. The van der Waals surface area contributed by atoms with E-state index in [0.717, 1.165) is 23.0 Å². The van der Waals surface area contributed by atoms with Gasteiger partial charge in [-0.3, -0.25) is 0 Å². The smallest absolute Gasteiger partial charge is 0.109 e. The molecule has 1 aliphatic rings. The molecular weight excluding hydrogens is 240 g/mol. The van der Waals surface area contributed by atoms with Gasteiger partial charge in [0.05, 0.1) is 11.0 Å². The Balaban J connectivity index is 2.39. The maximum absolute atomic E-state index is 4.63. The normalized spacial score (nSPS) is 15.0. The molecule has 2 heterocycles. The Morgan fingerprint density at radius 2 is 2.29 bits per heavy atom. The standard InChI is InChI=1S/C11H11BrN2/c1-7-5-10-9(6-8(7)12)13-11-3-2-4-14(10)11/h5-6H,2-4H2,1H3. The molecule has 0 atom stereocenters. The molecule has 3 heteroatoms. The predicted molar refractivity (Wildman–Crippen MR) is 60.5 cm³/mol. The lowest BCUT2D eigenvalue weighted by molar-refractivity contribution is 0.771. The van der Waals surface area contributed by atoms with Gasteiger partial charge in [-0.15, -0.1) is 0 Å². The zero-order valence-electron chi connectivity index (χ0n) is 8.05. The van der Waals surface area contributed by atoms with Crippen molar-refractivity contribution in [3.63, 3.8) is 0 Å². The van der Waals surface area contributed by atoms with Crippen molar-refractivity contribution in [2.24, 2.45) is 0 Å². The van der Waals surface area contributed by atoms with Crippen molar-refractivity contribution in [3.8, 4) is 0 Å². The quantitative estimate of drug-likeness (QED) is 0.703. The number of rotatable bonds is 0. The highest BCUT2D eigenvalue weighted by Crippen LogP contribution is 2.27. The van der Waals surface area contributed by atoms with Gasteiger partial charge in [0.1, 0.15) is 5.82 Å². The zero-order chi connectivity index (χ0) is 9.71. The van der Waals surface area contributed by atoms with Gasteiger partial charge in [0, 0.05) is 17.4 Å². The summed E-state index contributed by atoms with van der Waals surface area (Å²) < 4.78 is 3.50. The number of fused-ring (bicyclic) bond motifs is 3. The molecule has 1 aromatic heterocycles. The first kappa shape index (κ1) is 8.48. The van der Waals surface area contributed by atoms with Crippen LogP contribution in [0.25, 0.3) is 11.0 Å². The summed E-state index contributed by atoms with van der Waals surface area (Å²) in [5.41, 5.74) is 3.70. The van der Waals surface area contributed by atoms with Crippen LogP contribution in [0.2, 0.25) is 0 Å². The van der Waals surface area contributed by atoms with E-state index in [4.69, 9.17) is 0 Å². The van der Waals surface area contributed by atoms with Gasteiger partial charge in [0.15, 0.2) is 0 Å². The summed E-state index contributed by atoms with van der Waals surface area (Å²) in [6, 6.07) is 4.34. The fourth-order valence-corrected chi connectivity index (χ4v) is 2.47. The number of imidazole rings is 1. The van der Waals surface area contributed by atoms with Crippen LogP contribution in [-0.2, 0) is 13.0 Å². The summed E-state index contributed by atoms with van der Waals surface area (Å²) >= 11 is 3.54. The molecule has 0 radical (unpaired) electrons. The third-order valence-corrected chi connectivity index (χ3v) is 3.74. The van der Waals surface area contributed by atoms with Gasteiger partial charge >= 0.3 is 0 Å². The first-order valence-electron chi connectivity index (χ1n) is 4.91. The van der Waals surface area contributed by atoms with Crippen LogP contribution in [0.5, 0.6) is 0 Å². The van der Waals surface area contributed by atoms with E-state index < -0.39 is 0 Å². The van der Waals surface area contributed by atoms with Gasteiger partial charge in [0.25, 0.3) is 0 Å². The number of nitrogens with zero attached hydrogens (tertiary/aromatic N) is 2. The molecule has 0 saturated heterocycles. The maximum Gasteiger partial charge on any atom is 0.109 e. The molecule has 0 spiro atoms. The van der Waals surface area contributed by atoms with Gasteiger partial charge in [-0.1, -0.05) is 15.9 Å². The fourth-order valence-electron chi connectivity index (χ4n) is 2.14. The van der Waals surface area contributed by atoms with Crippen LogP contribution < -0.4 is 0 Å². The van der Waals surface area contributed by atoms with Crippen LogP contribution in [0, 0.1) is 6.92 Å². The fraction of sp³-hybridized carbons (Fsp3) is 0.364. The highest BCUT2D eigenvalue weighted by Gasteiger charge is 2.16. The zero-order valence-corrected chi connectivity index (χ0v) is 9.63. The molecule has 2 nitrogen and oxygen atoms in total. The van der Waals surface area contributed by atoms with Crippen LogP contribution in [-0.4, -0.2) is 9.55 Å². The number of benzene rings is 1. The second-order valence-corrected chi connectivity index (χ2v) is 4.73. The monoisotopic (exact) mass is 250 g/mol. The minimum atomic E-state index is 1.12. The molecule has 3 rings (SSSR count). The Hall–Kier alpha value is -0.830. The highest BCUT2D eigenvalue weighted by molar-refractivity contribution is 9.10. The van der Waals surface area contributed by atoms with Crippen molar-refractivity contribution in [1.29, 1.82) is 0 Å². The summed E-state index contributed by atoms with van der Waals surface area (Å²) in [6.45, 7) is 3.26. The van der Waals surface area contributed by atoms with Crippen molar-refractivity contribution in [2.45, 2.75) is 26.3 Å². The average Bonchev–Trinajstić information content (AvgIpc) is 2.68. The van der Waals surface area contributed by atoms with E-state index in [0.29, 0.717) is 0 Å². The Kier molecular flexibility index (Phi) is 1.71. The van der Waals surface area contributed by atoms with Crippen LogP contribution in [0.15, 0.2) is 16.6 Å². The maximum atomic E-state index is 4.63. The minimum absolute atomic E-state index is 1.12. The highest BCUT2D eigenvalue weighted by atomic mass is 79.9. The predicted octanol–water partition coefficient (Wildman–Crippen LogP) is 3.05. The second-order valence-electron chi connectivity index (χ2n) is 3.87. The number of halogens is 1. The van der Waals surface area contributed by atoms with E-state index in [1.165, 1.54) is 23.3 Å². The van der Waals surface area contributed by atoms with Crippen molar-refractivity contribution >= 4 is 27.0 Å². The van der Waals surface area contributed by atoms with Crippen molar-refractivity contribution in [2.75, 3.05) is 0 Å². The summed E-state index contributed by atoms with van der Waals surface area (Å²) in [5, 5.41) is 0. The Morgan fingerprint density at radius 3 is 3.14 bits per heavy atom. The third kappa shape index (κ3) is 1.05. The van der Waals surface area contributed by atoms with Gasteiger partial charge in [-0.25, -0.2) is 4.98 Å². The van der Waals surface area contributed by atoms with Crippen LogP contribution >= 0.6 is 15.9 Å². The van der Waals surface area contributed by atoms with Gasteiger partial charge in [0.2, 0.25) is 0 Å². The lowest BCUT2D eigenvalue weighted by Crippen LogP contribution is -1.91. The minimum Gasteiger partial charge on any atom is -0.328 e. The number of hydrogen-bond acceptors (Lipinski definition) is 1. The SMILES string of the molecule is Cc1cc2c(cc1Br)nc1n2CCC1. The second kappa shape index (κ2) is 2.83. The lowest BCUT2D eigenvalue weighted by atomic mass is 10.2. The number of hydrogen-bond donors (Lipinski definition) is 0. The number of aromatic nitrogens is 2. The lowest BCUT2D eigenvalue weighted by Gasteiger charge is -2.01. The van der Waals surface area contributed by atoms with E-state index in [-0.39, 0.29) is 0 Å². The average molecular weight is 251 g/mol. The van der Waals surface area contributed by atoms with Gasteiger partial charge < -0.3 is 4.57 Å².